The minimum Gasteiger partial charge on any atom is -0.351 e. The first-order chi connectivity index (χ1) is 6.72. The maximum absolute atomic E-state index is 10.6. The van der Waals surface area contributed by atoms with Crippen LogP contribution in [-0.2, 0) is 11.4 Å². The topological polar surface area (TPSA) is 76.4 Å². The molecule has 0 aliphatic heterocycles. The molecule has 0 radical (unpaired) electrons. The van der Waals surface area contributed by atoms with Crippen molar-refractivity contribution in [2.75, 3.05) is 12.4 Å². The van der Waals surface area contributed by atoms with Crippen molar-refractivity contribution in [3.8, 4) is 0 Å². The van der Waals surface area contributed by atoms with E-state index < -0.39 is 6.03 Å². The van der Waals surface area contributed by atoms with E-state index >= 15 is 0 Å². The molecule has 0 aliphatic rings. The van der Waals surface area contributed by atoms with Gasteiger partial charge in [0.25, 0.3) is 0 Å². The zero-order chi connectivity index (χ0) is 10.4. The van der Waals surface area contributed by atoms with E-state index in [0.717, 1.165) is 5.56 Å². The molecule has 2 amide bonds. The van der Waals surface area contributed by atoms with Gasteiger partial charge in [-0.15, -0.1) is 0 Å². The smallest absolute Gasteiger partial charge is 0.316 e. The van der Waals surface area contributed by atoms with Crippen molar-refractivity contribution < 1.29 is 9.63 Å². The van der Waals surface area contributed by atoms with Crippen LogP contribution in [0.25, 0.3) is 0 Å². The van der Waals surface area contributed by atoms with Crippen molar-refractivity contribution >= 4 is 11.7 Å². The third-order valence-electron chi connectivity index (χ3n) is 1.62. The van der Waals surface area contributed by atoms with Crippen LogP contribution >= 0.6 is 0 Å². The van der Waals surface area contributed by atoms with Gasteiger partial charge in [-0.1, -0.05) is 12.1 Å². The van der Waals surface area contributed by atoms with Crippen LogP contribution in [0.15, 0.2) is 24.3 Å². The molecule has 0 saturated carbocycles. The van der Waals surface area contributed by atoms with Gasteiger partial charge in [0.2, 0.25) is 0 Å². The van der Waals surface area contributed by atoms with Crippen LogP contribution in [0.5, 0.6) is 0 Å². The fraction of sp³-hybridized carbons (Fsp3) is 0.222. The molecule has 0 spiro atoms. The van der Waals surface area contributed by atoms with Gasteiger partial charge in [-0.2, -0.15) is 5.48 Å². The number of nitrogens with one attached hydrogen (secondary N) is 2. The number of benzene rings is 1. The molecule has 1 aromatic rings. The molecule has 1 aromatic carbocycles. The molecule has 0 heterocycles. The van der Waals surface area contributed by atoms with E-state index in [9.17, 15) is 4.79 Å². The summed E-state index contributed by atoms with van der Waals surface area (Å²) >= 11 is 0. The number of hydrogen-bond donors (Lipinski definition) is 3. The van der Waals surface area contributed by atoms with Crippen molar-refractivity contribution in [2.24, 2.45) is 5.73 Å². The van der Waals surface area contributed by atoms with Crippen LogP contribution in [-0.4, -0.2) is 13.1 Å². The Kier molecular flexibility index (Phi) is 3.90. The first-order valence-corrected chi connectivity index (χ1v) is 4.13. The second kappa shape index (κ2) is 5.21. The lowest BCUT2D eigenvalue weighted by molar-refractivity contribution is 0.0867. The second-order valence-electron chi connectivity index (χ2n) is 2.71. The lowest BCUT2D eigenvalue weighted by Crippen LogP contribution is -2.19. The van der Waals surface area contributed by atoms with Crippen molar-refractivity contribution in [3.63, 3.8) is 0 Å². The van der Waals surface area contributed by atoms with Crippen molar-refractivity contribution in [3.05, 3.63) is 29.8 Å². The van der Waals surface area contributed by atoms with Crippen LogP contribution in [0.2, 0.25) is 0 Å². The number of hydrogen-bond acceptors (Lipinski definition) is 3. The molecule has 14 heavy (non-hydrogen) atoms. The largest absolute Gasteiger partial charge is 0.351 e. The maximum atomic E-state index is 10.6. The van der Waals surface area contributed by atoms with Crippen LogP contribution in [0, 0.1) is 0 Å². The number of anilines is 1. The molecule has 0 unspecified atom stereocenters. The van der Waals surface area contributed by atoms with E-state index in [0.29, 0.717) is 12.2 Å². The highest BCUT2D eigenvalue weighted by Crippen LogP contribution is 2.09. The first kappa shape index (κ1) is 10.5. The van der Waals surface area contributed by atoms with E-state index in [2.05, 4.69) is 10.8 Å². The van der Waals surface area contributed by atoms with Crippen molar-refractivity contribution in [1.29, 1.82) is 0 Å². The standard InChI is InChI=1S/C9H13N3O2/c1-14-11-6-7-3-2-4-8(5-7)12-9(10)13/h2-5,11H,6H2,1H3,(H3,10,12,13). The Labute approximate surface area is 82.2 Å². The van der Waals surface area contributed by atoms with Crippen LogP contribution in [0.1, 0.15) is 5.56 Å². The van der Waals surface area contributed by atoms with Gasteiger partial charge >= 0.3 is 6.03 Å². The summed E-state index contributed by atoms with van der Waals surface area (Å²) in [5.41, 5.74) is 9.36. The van der Waals surface area contributed by atoms with Crippen LogP contribution < -0.4 is 16.5 Å². The van der Waals surface area contributed by atoms with Gasteiger partial charge < -0.3 is 15.9 Å². The molecule has 0 atom stereocenters. The monoisotopic (exact) mass is 195 g/mol. The molecule has 0 fully saturated rings. The van der Waals surface area contributed by atoms with E-state index in [1.54, 1.807) is 13.2 Å². The summed E-state index contributed by atoms with van der Waals surface area (Å²) in [5.74, 6) is 0. The fourth-order valence-electron chi connectivity index (χ4n) is 1.06. The molecule has 0 aromatic heterocycles. The Bertz CT molecular complexity index is 315. The van der Waals surface area contributed by atoms with Gasteiger partial charge in [0.15, 0.2) is 0 Å². The lowest BCUT2D eigenvalue weighted by Gasteiger charge is -2.05. The van der Waals surface area contributed by atoms with Gasteiger partial charge in [0.1, 0.15) is 0 Å². The lowest BCUT2D eigenvalue weighted by atomic mass is 10.2. The minimum absolute atomic E-state index is 0.568. The minimum atomic E-state index is -0.568. The Hall–Kier alpha value is -1.59. The quantitative estimate of drug-likeness (QED) is 0.623. The van der Waals surface area contributed by atoms with E-state index in [1.165, 1.54) is 0 Å². The number of carbonyl (C=O) groups is 1. The summed E-state index contributed by atoms with van der Waals surface area (Å²) in [6, 6.07) is 6.76. The molecular formula is C9H13N3O2. The van der Waals surface area contributed by atoms with Crippen LogP contribution in [0.4, 0.5) is 10.5 Å². The van der Waals surface area contributed by atoms with Crippen molar-refractivity contribution in [1.82, 2.24) is 5.48 Å². The maximum Gasteiger partial charge on any atom is 0.316 e. The molecule has 0 saturated heterocycles. The number of urea groups is 1. The Morgan fingerprint density at radius 2 is 2.36 bits per heavy atom. The number of primary amides is 1. The molecule has 0 aliphatic carbocycles. The zero-order valence-electron chi connectivity index (χ0n) is 7.91. The van der Waals surface area contributed by atoms with Crippen LogP contribution in [0.3, 0.4) is 0 Å². The normalized spacial score (nSPS) is 9.79. The summed E-state index contributed by atoms with van der Waals surface area (Å²) in [6.07, 6.45) is 0. The first-order valence-electron chi connectivity index (χ1n) is 4.13. The highest BCUT2D eigenvalue weighted by Gasteiger charge is 1.97. The number of amides is 2. The average Bonchev–Trinajstić information content (AvgIpc) is 2.14. The summed E-state index contributed by atoms with van der Waals surface area (Å²) in [7, 11) is 1.55. The Balaban J connectivity index is 2.63. The predicted octanol–water partition coefficient (Wildman–Crippen LogP) is 0.828. The third kappa shape index (κ3) is 3.42. The Morgan fingerprint density at radius 3 is 3.00 bits per heavy atom. The molecule has 0 bridgehead atoms. The van der Waals surface area contributed by atoms with Gasteiger partial charge in [0.05, 0.1) is 7.11 Å². The number of nitrogens with two attached hydrogens (primary N) is 1. The number of carbonyl (C=O) groups excluding carboxylic acids is 1. The van der Waals surface area contributed by atoms with Gasteiger partial charge in [0, 0.05) is 12.2 Å². The van der Waals surface area contributed by atoms with Gasteiger partial charge in [-0.3, -0.25) is 0 Å². The number of hydroxylamine groups is 1. The highest BCUT2D eigenvalue weighted by atomic mass is 16.6. The zero-order valence-corrected chi connectivity index (χ0v) is 7.91. The second-order valence-corrected chi connectivity index (χ2v) is 2.71. The van der Waals surface area contributed by atoms with Crippen molar-refractivity contribution in [2.45, 2.75) is 6.54 Å². The predicted molar refractivity (Wildman–Crippen MR) is 53.5 cm³/mol. The SMILES string of the molecule is CONCc1cccc(NC(N)=O)c1. The molecule has 76 valence electrons. The average molecular weight is 195 g/mol. The molecular weight excluding hydrogens is 182 g/mol. The van der Waals surface area contributed by atoms with E-state index in [4.69, 9.17) is 10.6 Å². The summed E-state index contributed by atoms with van der Waals surface area (Å²) < 4.78 is 0. The summed E-state index contributed by atoms with van der Waals surface area (Å²) in [6.45, 7) is 0.574. The summed E-state index contributed by atoms with van der Waals surface area (Å²) in [4.78, 5) is 15.3. The van der Waals surface area contributed by atoms with E-state index in [1.807, 2.05) is 18.2 Å². The Morgan fingerprint density at radius 1 is 1.57 bits per heavy atom. The van der Waals surface area contributed by atoms with Gasteiger partial charge in [-0.25, -0.2) is 4.79 Å². The molecule has 1 rings (SSSR count). The highest BCUT2D eigenvalue weighted by molar-refractivity contribution is 5.87. The summed E-state index contributed by atoms with van der Waals surface area (Å²) in [5, 5.41) is 2.49. The van der Waals surface area contributed by atoms with E-state index in [-0.39, 0.29) is 0 Å². The molecule has 4 N–H and O–H groups in total. The molecule has 5 nitrogen and oxygen atoms in total. The third-order valence-corrected chi connectivity index (χ3v) is 1.62. The molecule has 5 heteroatoms. The number of rotatable bonds is 4. The van der Waals surface area contributed by atoms with Gasteiger partial charge in [-0.05, 0) is 17.7 Å². The fourth-order valence-corrected chi connectivity index (χ4v) is 1.06.